The van der Waals surface area contributed by atoms with Crippen molar-refractivity contribution < 1.29 is 4.74 Å². The summed E-state index contributed by atoms with van der Waals surface area (Å²) in [6.07, 6.45) is 2.98. The summed E-state index contributed by atoms with van der Waals surface area (Å²) in [5.74, 6) is 1.47. The van der Waals surface area contributed by atoms with Crippen molar-refractivity contribution in [1.82, 2.24) is 20.2 Å². The van der Waals surface area contributed by atoms with Crippen LogP contribution in [0.1, 0.15) is 13.3 Å². The molecule has 1 fully saturated rings. The van der Waals surface area contributed by atoms with Gasteiger partial charge >= 0.3 is 0 Å². The van der Waals surface area contributed by atoms with Crippen molar-refractivity contribution in [3.8, 4) is 0 Å². The van der Waals surface area contributed by atoms with Crippen molar-refractivity contribution in [1.29, 1.82) is 0 Å². The molecule has 0 spiro atoms. The number of aromatic amines is 1. The fraction of sp³-hybridized carbons (Fsp3) is 0.583. The number of anilines is 2. The van der Waals surface area contributed by atoms with Gasteiger partial charge < -0.3 is 15.0 Å². The van der Waals surface area contributed by atoms with Crippen LogP contribution in [-0.4, -0.2) is 53.0 Å². The molecule has 2 aromatic rings. The van der Waals surface area contributed by atoms with E-state index in [0.29, 0.717) is 12.0 Å². The lowest BCUT2D eigenvalue weighted by atomic mass is 10.1. The zero-order chi connectivity index (χ0) is 13.4. The van der Waals surface area contributed by atoms with Crippen molar-refractivity contribution in [2.75, 3.05) is 30.9 Å². The Morgan fingerprint density at radius 2 is 2.32 bits per heavy atom. The van der Waals surface area contributed by atoms with Gasteiger partial charge in [-0.05, 0) is 13.3 Å². The fourth-order valence-corrected chi connectivity index (χ4v) is 2.59. The fourth-order valence-electron chi connectivity index (χ4n) is 2.59. The Balaban J connectivity index is 2.05. The second-order valence-corrected chi connectivity index (χ2v) is 4.80. The summed E-state index contributed by atoms with van der Waals surface area (Å²) in [6, 6.07) is 0.331. The van der Waals surface area contributed by atoms with Gasteiger partial charge in [-0.2, -0.15) is 15.1 Å². The predicted molar refractivity (Wildman–Crippen MR) is 73.5 cm³/mol. The predicted octanol–water partition coefficient (Wildman–Crippen LogP) is 1.01. The van der Waals surface area contributed by atoms with Crippen molar-refractivity contribution in [2.24, 2.45) is 0 Å². The Bertz CT molecular complexity index is 583. The molecule has 1 aliphatic heterocycles. The Morgan fingerprint density at radius 1 is 1.47 bits per heavy atom. The molecule has 0 bridgehead atoms. The van der Waals surface area contributed by atoms with Gasteiger partial charge in [-0.3, -0.25) is 5.10 Å². The van der Waals surface area contributed by atoms with Crippen LogP contribution in [0.25, 0.3) is 11.0 Å². The van der Waals surface area contributed by atoms with Crippen molar-refractivity contribution >= 4 is 22.8 Å². The van der Waals surface area contributed by atoms with Crippen LogP contribution in [0.4, 0.5) is 11.8 Å². The van der Waals surface area contributed by atoms with Gasteiger partial charge in [0, 0.05) is 20.7 Å². The van der Waals surface area contributed by atoms with E-state index in [9.17, 15) is 0 Å². The first kappa shape index (κ1) is 12.2. The summed E-state index contributed by atoms with van der Waals surface area (Å²) in [6.45, 7) is 2.90. The van der Waals surface area contributed by atoms with Crippen LogP contribution < -0.4 is 10.2 Å². The largest absolute Gasteiger partial charge is 0.376 e. The first-order valence-electron chi connectivity index (χ1n) is 6.44. The number of rotatable bonds is 3. The van der Waals surface area contributed by atoms with E-state index in [4.69, 9.17) is 4.74 Å². The van der Waals surface area contributed by atoms with E-state index in [1.54, 1.807) is 6.20 Å². The van der Waals surface area contributed by atoms with Gasteiger partial charge in [0.25, 0.3) is 0 Å². The van der Waals surface area contributed by atoms with Crippen LogP contribution in [-0.2, 0) is 4.74 Å². The molecule has 102 valence electrons. The number of fused-ring (bicyclic) bond motifs is 1. The molecule has 3 rings (SSSR count). The van der Waals surface area contributed by atoms with E-state index >= 15 is 0 Å². The highest BCUT2D eigenvalue weighted by Crippen LogP contribution is 2.28. The highest BCUT2D eigenvalue weighted by Gasteiger charge is 2.30. The van der Waals surface area contributed by atoms with Gasteiger partial charge in [0.1, 0.15) is 5.82 Å². The topological polar surface area (TPSA) is 79.0 Å². The summed E-state index contributed by atoms with van der Waals surface area (Å²) < 4.78 is 5.63. The van der Waals surface area contributed by atoms with E-state index in [1.165, 1.54) is 0 Å². The number of H-pyrrole nitrogens is 1. The molecule has 0 amide bonds. The number of likely N-dealkylation sites (N-methyl/N-ethyl adjacent to an activating group) is 1. The third-order valence-corrected chi connectivity index (χ3v) is 3.68. The van der Waals surface area contributed by atoms with Crippen LogP contribution in [0.15, 0.2) is 6.20 Å². The second-order valence-electron chi connectivity index (χ2n) is 4.80. The van der Waals surface area contributed by atoms with Crippen LogP contribution in [0.3, 0.4) is 0 Å². The Kier molecular flexibility index (Phi) is 2.98. The molecular weight excluding hydrogens is 244 g/mol. The molecule has 19 heavy (non-hydrogen) atoms. The highest BCUT2D eigenvalue weighted by molar-refractivity contribution is 5.87. The summed E-state index contributed by atoms with van der Waals surface area (Å²) in [5, 5.41) is 10.9. The molecule has 2 unspecified atom stereocenters. The lowest BCUT2D eigenvalue weighted by Crippen LogP contribution is -2.37. The number of hydrogen-bond acceptors (Lipinski definition) is 6. The zero-order valence-electron chi connectivity index (χ0n) is 11.3. The summed E-state index contributed by atoms with van der Waals surface area (Å²) in [4.78, 5) is 11.1. The third kappa shape index (κ3) is 1.99. The number of nitrogens with zero attached hydrogens (tertiary/aromatic N) is 4. The first-order chi connectivity index (χ1) is 9.20. The molecule has 0 aromatic carbocycles. The maximum absolute atomic E-state index is 5.63. The molecule has 0 radical (unpaired) electrons. The van der Waals surface area contributed by atoms with E-state index in [-0.39, 0.29) is 6.10 Å². The summed E-state index contributed by atoms with van der Waals surface area (Å²) in [7, 11) is 3.85. The third-order valence-electron chi connectivity index (χ3n) is 3.68. The zero-order valence-corrected chi connectivity index (χ0v) is 11.3. The monoisotopic (exact) mass is 262 g/mol. The standard InChI is InChI=1S/C12H18N6O/c1-7-9(4-5-19-7)18(3)11-8-6-14-17-10(8)15-12(13-2)16-11/h6-7,9H,4-5H2,1-3H3,(H2,13,14,15,16,17). The lowest BCUT2D eigenvalue weighted by molar-refractivity contribution is 0.118. The second kappa shape index (κ2) is 4.65. The van der Waals surface area contributed by atoms with Crippen molar-refractivity contribution in [3.63, 3.8) is 0 Å². The molecule has 0 aliphatic carbocycles. The molecular formula is C12H18N6O. The summed E-state index contributed by atoms with van der Waals surface area (Å²) >= 11 is 0. The molecule has 0 saturated carbocycles. The van der Waals surface area contributed by atoms with E-state index in [1.807, 2.05) is 14.1 Å². The van der Waals surface area contributed by atoms with Gasteiger partial charge in [0.2, 0.25) is 5.95 Å². The molecule has 3 heterocycles. The highest BCUT2D eigenvalue weighted by atomic mass is 16.5. The van der Waals surface area contributed by atoms with Crippen LogP contribution in [0.2, 0.25) is 0 Å². The minimum absolute atomic E-state index is 0.208. The van der Waals surface area contributed by atoms with Crippen molar-refractivity contribution in [3.05, 3.63) is 6.20 Å². The number of nitrogens with one attached hydrogen (secondary N) is 2. The SMILES string of the molecule is CNc1nc(N(C)C2CCOC2C)c2cn[nH]c2n1. The molecule has 2 atom stereocenters. The first-order valence-corrected chi connectivity index (χ1v) is 6.44. The average molecular weight is 262 g/mol. The van der Waals surface area contributed by atoms with Gasteiger partial charge in [-0.25, -0.2) is 0 Å². The molecule has 7 heteroatoms. The number of ether oxygens (including phenoxy) is 1. The summed E-state index contributed by atoms with van der Waals surface area (Å²) in [5.41, 5.74) is 0.743. The van der Waals surface area contributed by atoms with Gasteiger partial charge in [-0.15, -0.1) is 0 Å². The van der Waals surface area contributed by atoms with E-state index in [2.05, 4.69) is 37.3 Å². The minimum Gasteiger partial charge on any atom is -0.376 e. The number of aromatic nitrogens is 4. The molecule has 7 nitrogen and oxygen atoms in total. The smallest absolute Gasteiger partial charge is 0.226 e. The van der Waals surface area contributed by atoms with E-state index in [0.717, 1.165) is 29.9 Å². The van der Waals surface area contributed by atoms with Gasteiger partial charge in [0.05, 0.1) is 23.7 Å². The molecule has 1 aliphatic rings. The quantitative estimate of drug-likeness (QED) is 0.859. The van der Waals surface area contributed by atoms with Gasteiger partial charge in [0.15, 0.2) is 5.65 Å². The van der Waals surface area contributed by atoms with Crippen molar-refractivity contribution in [2.45, 2.75) is 25.5 Å². The maximum atomic E-state index is 5.63. The van der Waals surface area contributed by atoms with Crippen LogP contribution >= 0.6 is 0 Å². The van der Waals surface area contributed by atoms with Crippen LogP contribution in [0.5, 0.6) is 0 Å². The molecule has 1 saturated heterocycles. The normalized spacial score (nSPS) is 22.9. The van der Waals surface area contributed by atoms with Gasteiger partial charge in [-0.1, -0.05) is 0 Å². The molecule has 2 aromatic heterocycles. The maximum Gasteiger partial charge on any atom is 0.226 e. The van der Waals surface area contributed by atoms with Crippen LogP contribution in [0, 0.1) is 0 Å². The molecule has 2 N–H and O–H groups in total. The Hall–Kier alpha value is -1.89. The Labute approximate surface area is 111 Å². The minimum atomic E-state index is 0.208. The number of hydrogen-bond donors (Lipinski definition) is 2. The lowest BCUT2D eigenvalue weighted by Gasteiger charge is -2.28. The Morgan fingerprint density at radius 3 is 3.00 bits per heavy atom. The average Bonchev–Trinajstić information content (AvgIpc) is 3.04. The van der Waals surface area contributed by atoms with E-state index < -0.39 is 0 Å².